The number of rotatable bonds is 4. The lowest BCUT2D eigenvalue weighted by Crippen LogP contribution is -2.81. The van der Waals surface area contributed by atoms with Crippen LogP contribution in [0.1, 0.15) is 24.8 Å². The molecule has 0 heterocycles. The van der Waals surface area contributed by atoms with Gasteiger partial charge in [-0.1, -0.05) is 30.3 Å². The van der Waals surface area contributed by atoms with Crippen LogP contribution in [0.3, 0.4) is 0 Å². The van der Waals surface area contributed by atoms with Crippen molar-refractivity contribution in [2.75, 3.05) is 0 Å². The van der Waals surface area contributed by atoms with Crippen LogP contribution in [0.5, 0.6) is 0 Å². The zero-order valence-electron chi connectivity index (χ0n) is 10.8. The van der Waals surface area contributed by atoms with Crippen molar-refractivity contribution in [2.24, 2.45) is 5.14 Å². The van der Waals surface area contributed by atoms with E-state index in [4.69, 9.17) is 9.88 Å². The monoisotopic (exact) mass is 296 g/mol. The second kappa shape index (κ2) is 4.20. The van der Waals surface area contributed by atoms with Crippen molar-refractivity contribution in [1.29, 1.82) is 0 Å². The first-order valence-corrected chi connectivity index (χ1v) is 7.90. The smallest absolute Gasteiger partial charge is 0.407 e. The normalized spacial score (nSPS) is 30.9. The Morgan fingerprint density at radius 2 is 1.85 bits per heavy atom. The lowest BCUT2D eigenvalue weighted by molar-refractivity contribution is -0.0252. The van der Waals surface area contributed by atoms with E-state index in [0.29, 0.717) is 19.3 Å². The molecule has 3 aliphatic carbocycles. The molecule has 1 aromatic rings. The SMILES string of the molecule is NS(=O)(=O)C12CC(NC(=O)OCc3ccccc3)(C1)C2. The lowest BCUT2D eigenvalue weighted by atomic mass is 9.49. The van der Waals surface area contributed by atoms with E-state index in [1.54, 1.807) is 0 Å². The number of carbonyl (C=O) groups is 1. The molecule has 0 aliphatic heterocycles. The van der Waals surface area contributed by atoms with Crippen molar-refractivity contribution < 1.29 is 17.9 Å². The van der Waals surface area contributed by atoms with Gasteiger partial charge >= 0.3 is 6.09 Å². The Labute approximate surface area is 117 Å². The Morgan fingerprint density at radius 3 is 2.40 bits per heavy atom. The number of ether oxygens (including phenoxy) is 1. The van der Waals surface area contributed by atoms with Gasteiger partial charge in [0.05, 0.1) is 4.75 Å². The predicted octanol–water partition coefficient (Wildman–Crippen LogP) is 0.876. The second-order valence-corrected chi connectivity index (χ2v) is 7.68. The van der Waals surface area contributed by atoms with Crippen molar-refractivity contribution in [2.45, 2.75) is 36.2 Å². The van der Waals surface area contributed by atoms with Gasteiger partial charge in [0, 0.05) is 5.54 Å². The summed E-state index contributed by atoms with van der Waals surface area (Å²) in [4.78, 5) is 11.7. The molecule has 3 fully saturated rings. The molecule has 0 unspecified atom stereocenters. The molecule has 1 aromatic carbocycles. The van der Waals surface area contributed by atoms with E-state index >= 15 is 0 Å². The van der Waals surface area contributed by atoms with Crippen LogP contribution in [0, 0.1) is 0 Å². The van der Waals surface area contributed by atoms with Crippen LogP contribution in [0.4, 0.5) is 4.79 Å². The first-order valence-electron chi connectivity index (χ1n) is 6.36. The number of nitrogens with one attached hydrogen (secondary N) is 1. The number of carbonyl (C=O) groups excluding carboxylic acids is 1. The molecular formula is C13H16N2O4S. The quantitative estimate of drug-likeness (QED) is 0.861. The Balaban J connectivity index is 1.48. The van der Waals surface area contributed by atoms with Crippen LogP contribution < -0.4 is 10.5 Å². The van der Waals surface area contributed by atoms with Gasteiger partial charge in [0.15, 0.2) is 0 Å². The molecule has 3 saturated carbocycles. The number of hydrogen-bond acceptors (Lipinski definition) is 4. The number of nitrogens with two attached hydrogens (primary N) is 1. The van der Waals surface area contributed by atoms with Crippen molar-refractivity contribution in [3.8, 4) is 0 Å². The summed E-state index contributed by atoms with van der Waals surface area (Å²) >= 11 is 0. The van der Waals surface area contributed by atoms with E-state index in [9.17, 15) is 13.2 Å². The largest absolute Gasteiger partial charge is 0.445 e. The number of hydrogen-bond donors (Lipinski definition) is 2. The van der Waals surface area contributed by atoms with E-state index in [1.165, 1.54) is 0 Å². The van der Waals surface area contributed by atoms with Crippen LogP contribution in [-0.2, 0) is 21.4 Å². The van der Waals surface area contributed by atoms with E-state index in [-0.39, 0.29) is 6.61 Å². The predicted molar refractivity (Wildman–Crippen MR) is 72.2 cm³/mol. The Bertz CT molecular complexity index is 622. The molecule has 0 saturated heterocycles. The zero-order chi connectivity index (χ0) is 14.4. The van der Waals surface area contributed by atoms with E-state index < -0.39 is 26.4 Å². The van der Waals surface area contributed by atoms with Crippen molar-refractivity contribution >= 4 is 16.1 Å². The molecular weight excluding hydrogens is 280 g/mol. The van der Waals surface area contributed by atoms with Gasteiger partial charge in [-0.25, -0.2) is 18.4 Å². The van der Waals surface area contributed by atoms with Gasteiger partial charge in [0.25, 0.3) is 0 Å². The molecule has 1 amide bonds. The van der Waals surface area contributed by atoms with Crippen LogP contribution in [0.2, 0.25) is 0 Å². The summed E-state index contributed by atoms with van der Waals surface area (Å²) in [5.74, 6) is 0. The molecule has 0 radical (unpaired) electrons. The van der Waals surface area contributed by atoms with Crippen LogP contribution >= 0.6 is 0 Å². The molecule has 7 heteroatoms. The van der Waals surface area contributed by atoms with Gasteiger partial charge in [-0.2, -0.15) is 0 Å². The molecule has 2 bridgehead atoms. The minimum Gasteiger partial charge on any atom is -0.445 e. The summed E-state index contributed by atoms with van der Waals surface area (Å²) in [7, 11) is -3.52. The third kappa shape index (κ3) is 2.06. The third-order valence-electron chi connectivity index (χ3n) is 4.17. The summed E-state index contributed by atoms with van der Waals surface area (Å²) in [5.41, 5.74) is 0.474. The van der Waals surface area contributed by atoms with Crippen LogP contribution in [-0.4, -0.2) is 24.8 Å². The Morgan fingerprint density at radius 1 is 1.25 bits per heavy atom. The van der Waals surface area contributed by atoms with E-state index in [2.05, 4.69) is 5.32 Å². The summed E-state index contributed by atoms with van der Waals surface area (Å²) in [6, 6.07) is 9.36. The van der Waals surface area contributed by atoms with E-state index in [1.807, 2.05) is 30.3 Å². The standard InChI is InChI=1S/C13H16N2O4S/c14-20(17,18)13-7-12(8-13,9-13)15-11(16)19-6-10-4-2-1-3-5-10/h1-5H,6-9H2,(H,15,16)(H2,14,17,18). The molecule has 20 heavy (non-hydrogen) atoms. The highest BCUT2D eigenvalue weighted by atomic mass is 32.2. The van der Waals surface area contributed by atoms with Crippen LogP contribution in [0.25, 0.3) is 0 Å². The third-order valence-corrected chi connectivity index (χ3v) is 5.81. The highest BCUT2D eigenvalue weighted by Gasteiger charge is 2.74. The summed E-state index contributed by atoms with van der Waals surface area (Å²) in [6.45, 7) is 0.198. The summed E-state index contributed by atoms with van der Waals surface area (Å²) < 4.78 is 27.0. The molecule has 3 aliphatic rings. The van der Waals surface area contributed by atoms with Gasteiger partial charge < -0.3 is 10.1 Å². The second-order valence-electron chi connectivity index (χ2n) is 5.73. The average Bonchev–Trinajstić information content (AvgIpc) is 2.29. The molecule has 0 spiro atoms. The zero-order valence-corrected chi connectivity index (χ0v) is 11.7. The molecule has 0 aromatic heterocycles. The number of primary sulfonamides is 1. The van der Waals surface area contributed by atoms with Gasteiger partial charge in [-0.15, -0.1) is 0 Å². The van der Waals surface area contributed by atoms with Crippen molar-refractivity contribution in [3.63, 3.8) is 0 Å². The lowest BCUT2D eigenvalue weighted by Gasteiger charge is -2.68. The maximum absolute atomic E-state index is 11.7. The van der Waals surface area contributed by atoms with Gasteiger partial charge in [-0.05, 0) is 24.8 Å². The van der Waals surface area contributed by atoms with Gasteiger partial charge in [0.2, 0.25) is 10.0 Å². The maximum atomic E-state index is 11.7. The Kier molecular flexibility index (Phi) is 2.81. The molecule has 4 rings (SSSR count). The summed E-state index contributed by atoms with van der Waals surface area (Å²) in [6.07, 6.45) is 0.647. The fraction of sp³-hybridized carbons (Fsp3) is 0.462. The van der Waals surface area contributed by atoms with E-state index in [0.717, 1.165) is 5.56 Å². The summed E-state index contributed by atoms with van der Waals surface area (Å²) in [5, 5.41) is 7.91. The minimum absolute atomic E-state index is 0.198. The van der Waals surface area contributed by atoms with Gasteiger partial charge in [0.1, 0.15) is 6.61 Å². The molecule has 6 nitrogen and oxygen atoms in total. The number of sulfonamides is 1. The van der Waals surface area contributed by atoms with Crippen molar-refractivity contribution in [1.82, 2.24) is 5.32 Å². The fourth-order valence-corrected chi connectivity index (χ4v) is 4.54. The number of benzene rings is 1. The van der Waals surface area contributed by atoms with Crippen molar-refractivity contribution in [3.05, 3.63) is 35.9 Å². The first kappa shape index (κ1) is 13.4. The molecule has 3 N–H and O–H groups in total. The first-order chi connectivity index (χ1) is 9.34. The topological polar surface area (TPSA) is 98.5 Å². The average molecular weight is 296 g/mol. The Hall–Kier alpha value is -1.60. The van der Waals surface area contributed by atoms with Gasteiger partial charge in [-0.3, -0.25) is 0 Å². The fourth-order valence-electron chi connectivity index (χ4n) is 3.10. The minimum atomic E-state index is -3.52. The molecule has 0 atom stereocenters. The molecule has 108 valence electrons. The maximum Gasteiger partial charge on any atom is 0.407 e. The number of alkyl carbamates (subject to hydrolysis) is 1. The highest BCUT2D eigenvalue weighted by molar-refractivity contribution is 7.90. The number of amides is 1. The highest BCUT2D eigenvalue weighted by Crippen LogP contribution is 2.64. The van der Waals surface area contributed by atoms with Crippen LogP contribution in [0.15, 0.2) is 30.3 Å².